The third kappa shape index (κ3) is 6.70. The molecule has 142 valence electrons. The monoisotopic (exact) mass is 356 g/mol. The number of aromatic nitrogens is 1. The maximum absolute atomic E-state index is 12.1. The van der Waals surface area contributed by atoms with Gasteiger partial charge in [0.05, 0.1) is 11.4 Å². The van der Waals surface area contributed by atoms with E-state index < -0.39 is 0 Å². The third-order valence-electron chi connectivity index (χ3n) is 5.29. The minimum atomic E-state index is 0.163. The number of nitrogens with one attached hydrogen (secondary N) is 1. The highest BCUT2D eigenvalue weighted by Crippen LogP contribution is 2.27. The lowest BCUT2D eigenvalue weighted by atomic mass is 9.92. The Morgan fingerprint density at radius 2 is 2.19 bits per heavy atom. The molecular weight excluding hydrogens is 324 g/mol. The predicted octanol–water partition coefficient (Wildman–Crippen LogP) is 4.38. The number of amides is 1. The summed E-state index contributed by atoms with van der Waals surface area (Å²) in [5.74, 6) is 1.22. The number of carbonyl (C=O) groups excluding carboxylic acids is 1. The van der Waals surface area contributed by atoms with Gasteiger partial charge in [0.1, 0.15) is 0 Å². The lowest BCUT2D eigenvalue weighted by Crippen LogP contribution is -2.25. The van der Waals surface area contributed by atoms with E-state index in [4.69, 9.17) is 0 Å². The van der Waals surface area contributed by atoms with Gasteiger partial charge in [0.2, 0.25) is 5.91 Å². The summed E-state index contributed by atoms with van der Waals surface area (Å²) in [6.45, 7) is 6.44. The number of hydrogen-bond donors (Lipinski definition) is 1. The Labute approximate surface area is 157 Å². The summed E-state index contributed by atoms with van der Waals surface area (Å²) in [7, 11) is 0. The first-order valence-corrected chi connectivity index (χ1v) is 9.96. The van der Waals surface area contributed by atoms with Crippen LogP contribution in [0.1, 0.15) is 70.4 Å². The van der Waals surface area contributed by atoms with E-state index in [2.05, 4.69) is 34.1 Å². The molecular formula is C21H32N4O. The maximum Gasteiger partial charge on any atom is 0.219 e. The summed E-state index contributed by atoms with van der Waals surface area (Å²) in [4.78, 5) is 16.5. The topological polar surface area (TPSA) is 66.7 Å². The van der Waals surface area contributed by atoms with E-state index in [1.807, 2.05) is 18.2 Å². The van der Waals surface area contributed by atoms with Crippen molar-refractivity contribution >= 4 is 18.3 Å². The number of pyridine rings is 1. The van der Waals surface area contributed by atoms with Gasteiger partial charge in [0.15, 0.2) is 0 Å². The van der Waals surface area contributed by atoms with Crippen LogP contribution in [0.4, 0.5) is 0 Å². The Bertz CT molecular complexity index is 579. The molecule has 1 atom stereocenters. The van der Waals surface area contributed by atoms with Crippen molar-refractivity contribution in [2.45, 2.75) is 64.7 Å². The van der Waals surface area contributed by atoms with Crippen molar-refractivity contribution in [3.05, 3.63) is 30.1 Å². The van der Waals surface area contributed by atoms with Crippen molar-refractivity contribution < 1.29 is 4.79 Å². The van der Waals surface area contributed by atoms with Crippen LogP contribution in [0.25, 0.3) is 0 Å². The fourth-order valence-electron chi connectivity index (χ4n) is 3.78. The Morgan fingerprint density at radius 3 is 2.85 bits per heavy atom. The van der Waals surface area contributed by atoms with E-state index in [0.29, 0.717) is 6.42 Å². The van der Waals surface area contributed by atoms with Gasteiger partial charge >= 0.3 is 0 Å². The van der Waals surface area contributed by atoms with E-state index in [1.54, 1.807) is 6.20 Å². The first-order chi connectivity index (χ1) is 12.7. The molecule has 0 aromatic carbocycles. The summed E-state index contributed by atoms with van der Waals surface area (Å²) in [5, 5.41) is 11.0. The number of nitrogens with zero attached hydrogens (tertiary/aromatic N) is 3. The molecule has 1 aromatic heterocycles. The summed E-state index contributed by atoms with van der Waals surface area (Å²) >= 11 is 0. The Kier molecular flexibility index (Phi) is 9.01. The molecule has 1 aliphatic carbocycles. The predicted molar refractivity (Wildman–Crippen MR) is 108 cm³/mol. The van der Waals surface area contributed by atoms with E-state index >= 15 is 0 Å². The summed E-state index contributed by atoms with van der Waals surface area (Å²) in [6, 6.07) is 5.78. The molecule has 1 saturated carbocycles. The van der Waals surface area contributed by atoms with E-state index in [9.17, 15) is 4.79 Å². The van der Waals surface area contributed by atoms with Crippen LogP contribution in [0, 0.1) is 11.8 Å². The highest BCUT2D eigenvalue weighted by molar-refractivity contribution is 6.00. The number of hydrogen-bond acceptors (Lipinski definition) is 4. The molecule has 5 nitrogen and oxygen atoms in total. The van der Waals surface area contributed by atoms with Crippen molar-refractivity contribution in [3.8, 4) is 0 Å². The smallest absolute Gasteiger partial charge is 0.219 e. The summed E-state index contributed by atoms with van der Waals surface area (Å²) < 4.78 is 0. The van der Waals surface area contributed by atoms with Crippen molar-refractivity contribution in [3.63, 3.8) is 0 Å². The van der Waals surface area contributed by atoms with Gasteiger partial charge in [-0.1, -0.05) is 38.7 Å². The Balaban J connectivity index is 1.75. The molecule has 1 amide bonds. The number of rotatable bonds is 11. The van der Waals surface area contributed by atoms with Crippen LogP contribution in [0.15, 0.2) is 34.6 Å². The molecule has 1 heterocycles. The molecule has 5 heteroatoms. The summed E-state index contributed by atoms with van der Waals surface area (Å²) in [6.07, 6.45) is 11.5. The van der Waals surface area contributed by atoms with Crippen LogP contribution in [-0.4, -0.2) is 29.9 Å². The second-order valence-corrected chi connectivity index (χ2v) is 7.13. The van der Waals surface area contributed by atoms with E-state index in [1.165, 1.54) is 25.7 Å². The highest BCUT2D eigenvalue weighted by Gasteiger charge is 2.18. The molecule has 26 heavy (non-hydrogen) atoms. The minimum Gasteiger partial charge on any atom is -0.356 e. The molecule has 1 N–H and O–H groups in total. The van der Waals surface area contributed by atoms with Gasteiger partial charge in [-0.3, -0.25) is 9.78 Å². The average Bonchev–Trinajstić information content (AvgIpc) is 3.18. The first kappa shape index (κ1) is 20.3. The lowest BCUT2D eigenvalue weighted by molar-refractivity contribution is -0.121. The summed E-state index contributed by atoms with van der Waals surface area (Å²) in [5.41, 5.74) is 1.71. The molecule has 2 rings (SSSR count). The second kappa shape index (κ2) is 11.6. The molecule has 0 aliphatic heterocycles. The van der Waals surface area contributed by atoms with Crippen LogP contribution < -0.4 is 5.32 Å². The molecule has 1 aliphatic rings. The molecule has 1 unspecified atom stereocenters. The van der Waals surface area contributed by atoms with Crippen LogP contribution in [0.5, 0.6) is 0 Å². The minimum absolute atomic E-state index is 0.163. The molecule has 0 radical (unpaired) electrons. The lowest BCUT2D eigenvalue weighted by Gasteiger charge is -2.16. The number of carbonyl (C=O) groups is 1. The van der Waals surface area contributed by atoms with Crippen molar-refractivity contribution in [2.75, 3.05) is 6.54 Å². The normalized spacial score (nSPS) is 16.4. The molecule has 0 spiro atoms. The van der Waals surface area contributed by atoms with Crippen LogP contribution in [0.2, 0.25) is 0 Å². The van der Waals surface area contributed by atoms with Gasteiger partial charge in [-0.15, -0.1) is 0 Å². The average molecular weight is 357 g/mol. The standard InChI is InChI=1S/C21H32N4O/c1-3-18(21(25-22-2)19-12-6-7-15-23-19)11-8-13-20(26)24-16-14-17-9-4-5-10-17/h6-7,12,15,17-18H,2-5,8-11,13-14,16H2,1H3,(H,24,26)/b25-21+. The zero-order valence-electron chi connectivity index (χ0n) is 16.0. The van der Waals surface area contributed by atoms with Gasteiger partial charge < -0.3 is 5.32 Å². The Morgan fingerprint density at radius 1 is 1.38 bits per heavy atom. The van der Waals surface area contributed by atoms with Crippen LogP contribution >= 0.6 is 0 Å². The van der Waals surface area contributed by atoms with Crippen molar-refractivity contribution in [2.24, 2.45) is 22.0 Å². The molecule has 0 saturated heterocycles. The molecule has 1 fully saturated rings. The molecule has 1 aromatic rings. The third-order valence-corrected chi connectivity index (χ3v) is 5.29. The fraction of sp³-hybridized carbons (Fsp3) is 0.619. The zero-order valence-corrected chi connectivity index (χ0v) is 16.0. The maximum atomic E-state index is 12.1. The largest absolute Gasteiger partial charge is 0.356 e. The highest BCUT2D eigenvalue weighted by atomic mass is 16.1. The van der Waals surface area contributed by atoms with Crippen LogP contribution in [0.3, 0.4) is 0 Å². The Hall–Kier alpha value is -2.04. The second-order valence-electron chi connectivity index (χ2n) is 7.13. The van der Waals surface area contributed by atoms with Crippen molar-refractivity contribution in [1.29, 1.82) is 0 Å². The van der Waals surface area contributed by atoms with Gasteiger partial charge in [-0.2, -0.15) is 10.2 Å². The van der Waals surface area contributed by atoms with Crippen molar-refractivity contribution in [1.82, 2.24) is 10.3 Å². The molecule has 0 bridgehead atoms. The quantitative estimate of drug-likeness (QED) is 0.472. The van der Waals surface area contributed by atoms with E-state index in [-0.39, 0.29) is 11.8 Å². The fourth-order valence-corrected chi connectivity index (χ4v) is 3.78. The SMILES string of the molecule is C=N/N=C(/c1ccccn1)C(CC)CCCC(=O)NCCC1CCCC1. The first-order valence-electron chi connectivity index (χ1n) is 9.96. The van der Waals surface area contributed by atoms with Gasteiger partial charge in [-0.25, -0.2) is 0 Å². The van der Waals surface area contributed by atoms with Gasteiger partial charge in [0.25, 0.3) is 0 Å². The van der Waals surface area contributed by atoms with Crippen LogP contribution in [-0.2, 0) is 4.79 Å². The zero-order chi connectivity index (χ0) is 18.6. The van der Waals surface area contributed by atoms with Gasteiger partial charge in [0, 0.05) is 31.8 Å². The van der Waals surface area contributed by atoms with Gasteiger partial charge in [-0.05, 0) is 43.7 Å². The van der Waals surface area contributed by atoms with E-state index in [0.717, 1.165) is 49.6 Å².